The Balaban J connectivity index is 3.92. The van der Waals surface area contributed by atoms with Crippen LogP contribution in [0.3, 0.4) is 0 Å². The Hall–Kier alpha value is -0.580. The maximum absolute atomic E-state index is 9.91. The first-order valence-corrected chi connectivity index (χ1v) is 3.84. The van der Waals surface area contributed by atoms with Crippen molar-refractivity contribution in [3.63, 3.8) is 0 Å². The summed E-state index contributed by atoms with van der Waals surface area (Å²) in [7, 11) is 0. The maximum Gasteiger partial charge on any atom is 0.138 e. The summed E-state index contributed by atoms with van der Waals surface area (Å²) in [6, 6.07) is 0. The van der Waals surface area contributed by atoms with Gasteiger partial charge in [0, 0.05) is 5.41 Å². The standard InChI is InChI=1S/C8H15O4/c9-4-2-1-3-8(5-10,6-11)7-12/h2,4,10-12H,1,3,5-7H2. The van der Waals surface area contributed by atoms with Gasteiger partial charge < -0.3 is 15.3 Å². The first kappa shape index (κ1) is 11.4. The number of aliphatic hydroxyl groups is 3. The van der Waals surface area contributed by atoms with E-state index in [0.717, 1.165) is 0 Å². The summed E-state index contributed by atoms with van der Waals surface area (Å²) in [5.74, 6) is 0. The summed E-state index contributed by atoms with van der Waals surface area (Å²) >= 11 is 0. The van der Waals surface area contributed by atoms with Gasteiger partial charge in [0.25, 0.3) is 0 Å². The Morgan fingerprint density at radius 3 is 1.92 bits per heavy atom. The van der Waals surface area contributed by atoms with E-state index in [1.807, 2.05) is 0 Å². The summed E-state index contributed by atoms with van der Waals surface area (Å²) in [4.78, 5) is 0. The Labute approximate surface area is 71.8 Å². The predicted molar refractivity (Wildman–Crippen MR) is 42.8 cm³/mol. The van der Waals surface area contributed by atoms with Crippen molar-refractivity contribution in [1.82, 2.24) is 0 Å². The van der Waals surface area contributed by atoms with E-state index in [-0.39, 0.29) is 19.8 Å². The smallest absolute Gasteiger partial charge is 0.138 e. The van der Waals surface area contributed by atoms with Gasteiger partial charge in [-0.05, 0) is 18.9 Å². The van der Waals surface area contributed by atoms with Crippen molar-refractivity contribution < 1.29 is 20.4 Å². The summed E-state index contributed by atoms with van der Waals surface area (Å²) in [6.45, 7) is -0.813. The van der Waals surface area contributed by atoms with Gasteiger partial charge >= 0.3 is 0 Å². The molecule has 0 unspecified atom stereocenters. The van der Waals surface area contributed by atoms with Crippen LogP contribution in [0.15, 0.2) is 12.3 Å². The minimum Gasteiger partial charge on any atom is -0.396 e. The molecule has 4 nitrogen and oxygen atoms in total. The molecular weight excluding hydrogens is 160 g/mol. The third-order valence-electron chi connectivity index (χ3n) is 1.94. The van der Waals surface area contributed by atoms with Crippen LogP contribution < -0.4 is 0 Å². The molecule has 0 saturated heterocycles. The van der Waals surface area contributed by atoms with Gasteiger partial charge in [0.1, 0.15) is 6.26 Å². The van der Waals surface area contributed by atoms with E-state index in [2.05, 4.69) is 0 Å². The minimum absolute atomic E-state index is 0.271. The van der Waals surface area contributed by atoms with E-state index in [1.54, 1.807) is 0 Å². The number of allylic oxidation sites excluding steroid dienone is 1. The van der Waals surface area contributed by atoms with Gasteiger partial charge in [-0.1, -0.05) is 0 Å². The quantitative estimate of drug-likeness (QED) is 0.484. The molecule has 71 valence electrons. The lowest BCUT2D eigenvalue weighted by Crippen LogP contribution is -2.33. The molecule has 0 saturated carbocycles. The zero-order chi connectivity index (χ0) is 9.45. The highest BCUT2D eigenvalue weighted by atomic mass is 16.3. The Kier molecular flexibility index (Phi) is 5.70. The second-order valence-electron chi connectivity index (χ2n) is 2.88. The average molecular weight is 175 g/mol. The molecule has 1 radical (unpaired) electrons. The lowest BCUT2D eigenvalue weighted by molar-refractivity contribution is 0.0000972. The van der Waals surface area contributed by atoms with Crippen LogP contribution in [0.25, 0.3) is 0 Å². The summed E-state index contributed by atoms with van der Waals surface area (Å²) in [5, 5.41) is 36.5. The topological polar surface area (TPSA) is 80.6 Å². The van der Waals surface area contributed by atoms with Crippen molar-refractivity contribution in [1.29, 1.82) is 0 Å². The van der Waals surface area contributed by atoms with Gasteiger partial charge in [-0.2, -0.15) is 0 Å². The molecule has 0 heterocycles. The van der Waals surface area contributed by atoms with Crippen molar-refractivity contribution in [2.75, 3.05) is 19.8 Å². The first-order chi connectivity index (χ1) is 5.74. The van der Waals surface area contributed by atoms with Crippen molar-refractivity contribution in [2.24, 2.45) is 5.41 Å². The fraction of sp³-hybridized carbons (Fsp3) is 0.750. The molecule has 0 amide bonds. The van der Waals surface area contributed by atoms with E-state index in [0.29, 0.717) is 19.1 Å². The van der Waals surface area contributed by atoms with Crippen molar-refractivity contribution in [3.05, 3.63) is 12.3 Å². The Morgan fingerprint density at radius 1 is 1.08 bits per heavy atom. The zero-order valence-corrected chi connectivity index (χ0v) is 6.94. The van der Waals surface area contributed by atoms with Crippen LogP contribution in [0, 0.1) is 5.41 Å². The molecule has 0 rings (SSSR count). The van der Waals surface area contributed by atoms with Gasteiger partial charge in [-0.15, -0.1) is 0 Å². The van der Waals surface area contributed by atoms with Gasteiger partial charge in [0.05, 0.1) is 19.8 Å². The van der Waals surface area contributed by atoms with E-state index < -0.39 is 5.41 Å². The molecule has 0 bridgehead atoms. The number of hydrogen-bond donors (Lipinski definition) is 3. The largest absolute Gasteiger partial charge is 0.396 e. The molecule has 0 aromatic heterocycles. The average Bonchev–Trinajstić information content (AvgIpc) is 2.14. The van der Waals surface area contributed by atoms with E-state index in [4.69, 9.17) is 15.3 Å². The van der Waals surface area contributed by atoms with Crippen LogP contribution in [0.2, 0.25) is 0 Å². The molecule has 0 aliphatic carbocycles. The van der Waals surface area contributed by atoms with Gasteiger partial charge in [0.15, 0.2) is 0 Å². The normalized spacial score (nSPS) is 12.6. The molecule has 3 N–H and O–H groups in total. The fourth-order valence-electron chi connectivity index (χ4n) is 0.845. The SMILES string of the molecule is [O]C=CCCC(CO)(CO)CO. The predicted octanol–water partition coefficient (Wildman–Crippen LogP) is -0.326. The Bertz CT molecular complexity index is 121. The van der Waals surface area contributed by atoms with Crippen LogP contribution in [0.4, 0.5) is 0 Å². The molecule has 4 heteroatoms. The second kappa shape index (κ2) is 5.99. The summed E-state index contributed by atoms with van der Waals surface area (Å²) < 4.78 is 0. The highest BCUT2D eigenvalue weighted by Gasteiger charge is 2.26. The first-order valence-electron chi connectivity index (χ1n) is 3.84. The third kappa shape index (κ3) is 3.21. The van der Waals surface area contributed by atoms with E-state index in [9.17, 15) is 5.11 Å². The maximum atomic E-state index is 9.91. The molecule has 0 aliphatic rings. The van der Waals surface area contributed by atoms with Crippen molar-refractivity contribution in [2.45, 2.75) is 12.8 Å². The number of hydrogen-bond acceptors (Lipinski definition) is 3. The van der Waals surface area contributed by atoms with Crippen LogP contribution in [-0.2, 0) is 5.11 Å². The van der Waals surface area contributed by atoms with Gasteiger partial charge in [-0.25, -0.2) is 0 Å². The molecule has 0 spiro atoms. The molecule has 0 aliphatic heterocycles. The molecule has 0 aromatic rings. The molecule has 0 aromatic carbocycles. The van der Waals surface area contributed by atoms with Gasteiger partial charge in [0.2, 0.25) is 0 Å². The van der Waals surface area contributed by atoms with Crippen LogP contribution in [0.5, 0.6) is 0 Å². The highest BCUT2D eigenvalue weighted by Crippen LogP contribution is 2.21. The van der Waals surface area contributed by atoms with Crippen molar-refractivity contribution >= 4 is 0 Å². The molecule has 12 heavy (non-hydrogen) atoms. The van der Waals surface area contributed by atoms with E-state index in [1.165, 1.54) is 6.08 Å². The molecule has 0 fully saturated rings. The number of aliphatic hydroxyl groups excluding tert-OH is 3. The number of rotatable bonds is 6. The van der Waals surface area contributed by atoms with Crippen LogP contribution in [0.1, 0.15) is 12.8 Å². The molecular formula is C8H15O4. The van der Waals surface area contributed by atoms with E-state index >= 15 is 0 Å². The third-order valence-corrected chi connectivity index (χ3v) is 1.94. The van der Waals surface area contributed by atoms with Crippen LogP contribution >= 0.6 is 0 Å². The highest BCUT2D eigenvalue weighted by molar-refractivity contribution is 4.82. The zero-order valence-electron chi connectivity index (χ0n) is 6.94. The molecule has 0 atom stereocenters. The fourth-order valence-corrected chi connectivity index (χ4v) is 0.845. The monoisotopic (exact) mass is 175 g/mol. The second-order valence-corrected chi connectivity index (χ2v) is 2.88. The minimum atomic E-state index is -0.848. The summed E-state index contributed by atoms with van der Waals surface area (Å²) in [6.07, 6.45) is 2.94. The van der Waals surface area contributed by atoms with Gasteiger partial charge in [-0.3, -0.25) is 5.11 Å². The summed E-state index contributed by atoms with van der Waals surface area (Å²) in [5.41, 5.74) is -0.848. The van der Waals surface area contributed by atoms with Crippen molar-refractivity contribution in [3.8, 4) is 0 Å². The lowest BCUT2D eigenvalue weighted by atomic mass is 9.86. The Morgan fingerprint density at radius 2 is 1.58 bits per heavy atom. The lowest BCUT2D eigenvalue weighted by Gasteiger charge is -2.26. The van der Waals surface area contributed by atoms with Crippen LogP contribution in [-0.4, -0.2) is 35.1 Å².